The van der Waals surface area contributed by atoms with Crippen LogP contribution in [0.2, 0.25) is 0 Å². The zero-order chi connectivity index (χ0) is 16.5. The fraction of sp³-hybridized carbons (Fsp3) is 0.105. The first-order chi connectivity index (χ1) is 11.7. The van der Waals surface area contributed by atoms with E-state index in [-0.39, 0.29) is 5.56 Å². The normalized spacial score (nSPS) is 11.0. The second-order valence-electron chi connectivity index (χ2n) is 5.60. The Kier molecular flexibility index (Phi) is 3.70. The molecule has 1 aromatic carbocycles. The van der Waals surface area contributed by atoms with Crippen molar-refractivity contribution in [3.8, 4) is 10.4 Å². The van der Waals surface area contributed by atoms with E-state index in [1.54, 1.807) is 28.4 Å². The lowest BCUT2D eigenvalue weighted by Crippen LogP contribution is -2.21. The molecule has 0 saturated heterocycles. The van der Waals surface area contributed by atoms with Gasteiger partial charge in [0.15, 0.2) is 0 Å². The molecule has 0 amide bonds. The molecule has 0 aliphatic heterocycles. The van der Waals surface area contributed by atoms with Crippen LogP contribution in [-0.4, -0.2) is 14.5 Å². The van der Waals surface area contributed by atoms with Gasteiger partial charge >= 0.3 is 0 Å². The summed E-state index contributed by atoms with van der Waals surface area (Å²) < 4.78 is 1.62. The van der Waals surface area contributed by atoms with Gasteiger partial charge in [0, 0.05) is 11.1 Å². The standard InChI is InChI=1S/C19H15N3OS/c1-13-16-18(24-17(13)14-7-3-2-4-8-14)21-12-22(19(16)23)11-15-9-5-6-10-20-15/h2-10,12H,11H2,1H3. The number of fused-ring (bicyclic) bond motifs is 1. The van der Waals surface area contributed by atoms with Crippen LogP contribution in [0.5, 0.6) is 0 Å². The van der Waals surface area contributed by atoms with Crippen molar-refractivity contribution in [2.45, 2.75) is 13.5 Å². The van der Waals surface area contributed by atoms with Crippen LogP contribution in [0.3, 0.4) is 0 Å². The van der Waals surface area contributed by atoms with Crippen LogP contribution in [0.4, 0.5) is 0 Å². The van der Waals surface area contributed by atoms with E-state index in [0.717, 1.165) is 26.5 Å². The van der Waals surface area contributed by atoms with Gasteiger partial charge in [-0.25, -0.2) is 4.98 Å². The van der Waals surface area contributed by atoms with Gasteiger partial charge in [-0.2, -0.15) is 0 Å². The monoisotopic (exact) mass is 333 g/mol. The SMILES string of the molecule is Cc1c(-c2ccccc2)sc2ncn(Cc3ccccn3)c(=O)c12. The van der Waals surface area contributed by atoms with Crippen LogP contribution >= 0.6 is 11.3 Å². The summed E-state index contributed by atoms with van der Waals surface area (Å²) in [4.78, 5) is 23.6. The molecule has 5 heteroatoms. The highest BCUT2D eigenvalue weighted by atomic mass is 32.1. The molecule has 0 unspecified atom stereocenters. The summed E-state index contributed by atoms with van der Waals surface area (Å²) in [6.07, 6.45) is 3.35. The first kappa shape index (κ1) is 14.8. The summed E-state index contributed by atoms with van der Waals surface area (Å²) in [6, 6.07) is 15.8. The molecule has 4 nitrogen and oxygen atoms in total. The Hall–Kier alpha value is -2.79. The highest BCUT2D eigenvalue weighted by Gasteiger charge is 2.15. The van der Waals surface area contributed by atoms with Gasteiger partial charge in [0.1, 0.15) is 4.83 Å². The van der Waals surface area contributed by atoms with Crippen LogP contribution < -0.4 is 5.56 Å². The number of pyridine rings is 1. The van der Waals surface area contributed by atoms with Crippen LogP contribution in [0.1, 0.15) is 11.3 Å². The third kappa shape index (κ3) is 2.53. The van der Waals surface area contributed by atoms with Crippen molar-refractivity contribution in [2.24, 2.45) is 0 Å². The number of rotatable bonds is 3. The van der Waals surface area contributed by atoms with Crippen LogP contribution in [0.15, 0.2) is 65.8 Å². The molecule has 3 heterocycles. The lowest BCUT2D eigenvalue weighted by atomic mass is 10.1. The predicted octanol–water partition coefficient (Wildman–Crippen LogP) is 3.88. The Morgan fingerprint density at radius 2 is 1.83 bits per heavy atom. The predicted molar refractivity (Wildman–Crippen MR) is 97.4 cm³/mol. The van der Waals surface area contributed by atoms with Crippen molar-refractivity contribution in [2.75, 3.05) is 0 Å². The maximum absolute atomic E-state index is 12.9. The summed E-state index contributed by atoms with van der Waals surface area (Å²) in [5.74, 6) is 0. The Bertz CT molecular complexity index is 1050. The molecule has 0 N–H and O–H groups in total. The molecular formula is C19H15N3OS. The quantitative estimate of drug-likeness (QED) is 0.572. The molecule has 4 aromatic rings. The van der Waals surface area contributed by atoms with Gasteiger partial charge in [-0.15, -0.1) is 11.3 Å². The summed E-state index contributed by atoms with van der Waals surface area (Å²) in [5.41, 5.74) is 2.95. The minimum absolute atomic E-state index is 0.0124. The van der Waals surface area contributed by atoms with E-state index < -0.39 is 0 Å². The average Bonchev–Trinajstić information content (AvgIpc) is 2.96. The van der Waals surface area contributed by atoms with E-state index in [2.05, 4.69) is 22.1 Å². The van der Waals surface area contributed by atoms with E-state index in [1.165, 1.54) is 0 Å². The molecular weight excluding hydrogens is 318 g/mol. The Morgan fingerprint density at radius 3 is 2.58 bits per heavy atom. The van der Waals surface area contributed by atoms with Crippen molar-refractivity contribution in [1.82, 2.24) is 14.5 Å². The molecule has 0 aliphatic rings. The van der Waals surface area contributed by atoms with Gasteiger partial charge in [0.2, 0.25) is 0 Å². The van der Waals surface area contributed by atoms with Gasteiger partial charge in [0.25, 0.3) is 5.56 Å². The Morgan fingerprint density at radius 1 is 1.04 bits per heavy atom. The molecule has 0 atom stereocenters. The van der Waals surface area contributed by atoms with Crippen LogP contribution in [0, 0.1) is 6.92 Å². The molecule has 0 spiro atoms. The summed E-state index contributed by atoms with van der Waals surface area (Å²) in [6.45, 7) is 2.42. The maximum atomic E-state index is 12.9. The second kappa shape index (κ2) is 6.02. The third-order valence-electron chi connectivity index (χ3n) is 4.01. The molecule has 0 aliphatic carbocycles. The minimum Gasteiger partial charge on any atom is -0.293 e. The number of nitrogens with zero attached hydrogens (tertiary/aromatic N) is 3. The van der Waals surface area contributed by atoms with E-state index in [0.29, 0.717) is 11.9 Å². The van der Waals surface area contributed by atoms with E-state index in [1.807, 2.05) is 43.3 Å². The molecule has 4 rings (SSSR count). The van der Waals surface area contributed by atoms with Gasteiger partial charge in [-0.3, -0.25) is 14.3 Å². The topological polar surface area (TPSA) is 47.8 Å². The lowest BCUT2D eigenvalue weighted by Gasteiger charge is -2.04. The first-order valence-corrected chi connectivity index (χ1v) is 8.49. The number of thiophene rings is 1. The molecule has 0 saturated carbocycles. The molecule has 0 radical (unpaired) electrons. The third-order valence-corrected chi connectivity index (χ3v) is 5.26. The summed E-state index contributed by atoms with van der Waals surface area (Å²) in [5, 5.41) is 0.706. The van der Waals surface area contributed by atoms with Gasteiger partial charge in [-0.05, 0) is 30.2 Å². The van der Waals surface area contributed by atoms with Crippen molar-refractivity contribution >= 4 is 21.6 Å². The van der Waals surface area contributed by atoms with E-state index in [9.17, 15) is 4.79 Å². The number of hydrogen-bond donors (Lipinski definition) is 0. The zero-order valence-electron chi connectivity index (χ0n) is 13.1. The number of aryl methyl sites for hydroxylation is 1. The average molecular weight is 333 g/mol. The minimum atomic E-state index is -0.0124. The smallest absolute Gasteiger partial charge is 0.262 e. The highest BCUT2D eigenvalue weighted by Crippen LogP contribution is 2.35. The Balaban J connectivity index is 1.85. The van der Waals surface area contributed by atoms with Crippen molar-refractivity contribution in [1.29, 1.82) is 0 Å². The van der Waals surface area contributed by atoms with Crippen LogP contribution in [-0.2, 0) is 6.54 Å². The van der Waals surface area contributed by atoms with Crippen LogP contribution in [0.25, 0.3) is 20.7 Å². The van der Waals surface area contributed by atoms with Gasteiger partial charge in [-0.1, -0.05) is 36.4 Å². The van der Waals surface area contributed by atoms with Crippen molar-refractivity contribution < 1.29 is 0 Å². The van der Waals surface area contributed by atoms with Gasteiger partial charge < -0.3 is 0 Å². The molecule has 118 valence electrons. The number of aromatic nitrogens is 3. The fourth-order valence-corrected chi connectivity index (χ4v) is 3.95. The Labute approximate surface area is 143 Å². The lowest BCUT2D eigenvalue weighted by molar-refractivity contribution is 0.730. The zero-order valence-corrected chi connectivity index (χ0v) is 14.0. The number of hydrogen-bond acceptors (Lipinski definition) is 4. The first-order valence-electron chi connectivity index (χ1n) is 7.68. The number of benzene rings is 1. The maximum Gasteiger partial charge on any atom is 0.262 e. The van der Waals surface area contributed by atoms with E-state index in [4.69, 9.17) is 0 Å². The van der Waals surface area contributed by atoms with E-state index >= 15 is 0 Å². The molecule has 3 aromatic heterocycles. The second-order valence-corrected chi connectivity index (χ2v) is 6.60. The highest BCUT2D eigenvalue weighted by molar-refractivity contribution is 7.22. The fourth-order valence-electron chi connectivity index (χ4n) is 2.80. The summed E-state index contributed by atoms with van der Waals surface area (Å²) in [7, 11) is 0. The molecule has 0 bridgehead atoms. The molecule has 24 heavy (non-hydrogen) atoms. The van der Waals surface area contributed by atoms with Gasteiger partial charge in [0.05, 0.1) is 24.0 Å². The van der Waals surface area contributed by atoms with Crippen molar-refractivity contribution in [3.05, 3.63) is 82.7 Å². The molecule has 0 fully saturated rings. The summed E-state index contributed by atoms with van der Waals surface area (Å²) >= 11 is 1.57. The van der Waals surface area contributed by atoms with Crippen molar-refractivity contribution in [3.63, 3.8) is 0 Å². The largest absolute Gasteiger partial charge is 0.293 e.